The number of hydrogen-bond acceptors (Lipinski definition) is 1. The molecule has 1 aliphatic carbocycles. The Morgan fingerprint density at radius 1 is 1.25 bits per heavy atom. The van der Waals surface area contributed by atoms with Gasteiger partial charge in [-0.3, -0.25) is 0 Å². The van der Waals surface area contributed by atoms with Gasteiger partial charge in [0.15, 0.2) is 0 Å². The molecule has 16 heavy (non-hydrogen) atoms. The van der Waals surface area contributed by atoms with Crippen LogP contribution in [0.5, 0.6) is 0 Å². The van der Waals surface area contributed by atoms with E-state index in [1.165, 1.54) is 11.1 Å². The molecule has 1 aromatic carbocycles. The summed E-state index contributed by atoms with van der Waals surface area (Å²) in [6.45, 7) is 6.35. The van der Waals surface area contributed by atoms with Gasteiger partial charge in [0, 0.05) is 0 Å². The molecule has 0 spiro atoms. The first-order valence-electron chi connectivity index (χ1n) is 6.27. The van der Waals surface area contributed by atoms with Crippen LogP contribution in [0.3, 0.4) is 0 Å². The highest BCUT2D eigenvalue weighted by Gasteiger charge is 2.34. The van der Waals surface area contributed by atoms with Gasteiger partial charge >= 0.3 is 0 Å². The normalized spacial score (nSPS) is 35.0. The van der Waals surface area contributed by atoms with E-state index in [1.54, 1.807) is 0 Å². The van der Waals surface area contributed by atoms with E-state index in [9.17, 15) is 5.11 Å². The molecule has 1 aromatic rings. The Bertz CT molecular complexity index is 350. The van der Waals surface area contributed by atoms with Crippen molar-refractivity contribution in [1.82, 2.24) is 0 Å². The highest BCUT2D eigenvalue weighted by molar-refractivity contribution is 5.25. The summed E-state index contributed by atoms with van der Waals surface area (Å²) in [5.74, 6) is 1.20. The number of hydrogen-bond donors (Lipinski definition) is 1. The molecule has 88 valence electrons. The maximum absolute atomic E-state index is 10.1. The van der Waals surface area contributed by atoms with E-state index in [4.69, 9.17) is 0 Å². The molecule has 0 heterocycles. The molecule has 3 atom stereocenters. The molecule has 0 bridgehead atoms. The van der Waals surface area contributed by atoms with E-state index < -0.39 is 5.60 Å². The minimum absolute atomic E-state index is 0.444. The maximum atomic E-state index is 10.1. The Morgan fingerprint density at radius 2 is 1.88 bits per heavy atom. The van der Waals surface area contributed by atoms with Crippen LogP contribution in [0, 0.1) is 12.8 Å². The summed E-state index contributed by atoms with van der Waals surface area (Å²) in [5.41, 5.74) is 2.31. The summed E-state index contributed by atoms with van der Waals surface area (Å²) in [6, 6.07) is 8.87. The second-order valence-corrected chi connectivity index (χ2v) is 5.73. The van der Waals surface area contributed by atoms with Crippen LogP contribution >= 0.6 is 0 Å². The van der Waals surface area contributed by atoms with Gasteiger partial charge in [0.2, 0.25) is 0 Å². The first-order chi connectivity index (χ1) is 7.48. The van der Waals surface area contributed by atoms with Crippen LogP contribution in [0.1, 0.15) is 50.2 Å². The van der Waals surface area contributed by atoms with Gasteiger partial charge in [-0.25, -0.2) is 0 Å². The smallest absolute Gasteiger partial charge is 0.0622 e. The summed E-state index contributed by atoms with van der Waals surface area (Å²) in [6.07, 6.45) is 2.96. The highest BCUT2D eigenvalue weighted by atomic mass is 16.3. The van der Waals surface area contributed by atoms with Crippen molar-refractivity contribution in [2.75, 3.05) is 0 Å². The summed E-state index contributed by atoms with van der Waals surface area (Å²) < 4.78 is 0. The molecule has 1 heteroatoms. The lowest BCUT2D eigenvalue weighted by Gasteiger charge is -2.38. The third-order valence-corrected chi connectivity index (χ3v) is 3.95. The summed E-state index contributed by atoms with van der Waals surface area (Å²) in [5, 5.41) is 10.1. The first-order valence-corrected chi connectivity index (χ1v) is 6.27. The second-order valence-electron chi connectivity index (χ2n) is 5.73. The van der Waals surface area contributed by atoms with Gasteiger partial charge in [0.25, 0.3) is 0 Å². The molecule has 1 unspecified atom stereocenters. The average Bonchev–Trinajstić information content (AvgIpc) is 2.19. The van der Waals surface area contributed by atoms with Crippen LogP contribution in [0.25, 0.3) is 0 Å². The van der Waals surface area contributed by atoms with Crippen molar-refractivity contribution >= 4 is 0 Å². The van der Waals surface area contributed by atoms with Crippen LogP contribution < -0.4 is 0 Å². The Morgan fingerprint density at radius 3 is 2.44 bits per heavy atom. The molecule has 0 aromatic heterocycles. The summed E-state index contributed by atoms with van der Waals surface area (Å²) >= 11 is 0. The Kier molecular flexibility index (Phi) is 3.07. The molecular weight excluding hydrogens is 196 g/mol. The van der Waals surface area contributed by atoms with Crippen LogP contribution in [-0.4, -0.2) is 10.7 Å². The molecule has 0 saturated heterocycles. The topological polar surface area (TPSA) is 20.2 Å². The Labute approximate surface area is 98.5 Å². The molecule has 1 nitrogen and oxygen atoms in total. The van der Waals surface area contributed by atoms with Gasteiger partial charge < -0.3 is 5.11 Å². The molecule has 1 saturated carbocycles. The van der Waals surface area contributed by atoms with Gasteiger partial charge in [0.05, 0.1) is 5.60 Å². The molecule has 1 N–H and O–H groups in total. The van der Waals surface area contributed by atoms with E-state index in [1.807, 2.05) is 6.92 Å². The van der Waals surface area contributed by atoms with Crippen molar-refractivity contribution in [3.63, 3.8) is 0 Å². The van der Waals surface area contributed by atoms with Crippen LogP contribution in [-0.2, 0) is 0 Å². The van der Waals surface area contributed by atoms with Gasteiger partial charge in [0.1, 0.15) is 0 Å². The first kappa shape index (κ1) is 11.7. The third kappa shape index (κ3) is 2.46. The lowest BCUT2D eigenvalue weighted by atomic mass is 9.70. The van der Waals surface area contributed by atoms with Crippen molar-refractivity contribution in [3.05, 3.63) is 35.4 Å². The third-order valence-electron chi connectivity index (χ3n) is 3.95. The van der Waals surface area contributed by atoms with E-state index in [-0.39, 0.29) is 0 Å². The van der Waals surface area contributed by atoms with E-state index in [2.05, 4.69) is 38.1 Å². The summed E-state index contributed by atoms with van der Waals surface area (Å²) in [4.78, 5) is 0. The van der Waals surface area contributed by atoms with E-state index in [0.29, 0.717) is 11.8 Å². The standard InChI is InChI=1S/C15H22O/c1-11-4-6-13(7-5-11)14-8-9-15(3,16)10-12(14)2/h4-7,12,14,16H,8-10H2,1-3H3/t12-,14-,15?/m1/s1. The van der Waals surface area contributed by atoms with Crippen LogP contribution in [0.2, 0.25) is 0 Å². The molecule has 0 aliphatic heterocycles. The van der Waals surface area contributed by atoms with Crippen molar-refractivity contribution in [2.45, 2.75) is 51.6 Å². The van der Waals surface area contributed by atoms with Gasteiger partial charge in [-0.05, 0) is 50.5 Å². The highest BCUT2D eigenvalue weighted by Crippen LogP contribution is 2.41. The minimum Gasteiger partial charge on any atom is -0.390 e. The number of aryl methyl sites for hydroxylation is 1. The predicted octanol–water partition coefficient (Wildman–Crippen LogP) is 3.65. The Balaban J connectivity index is 2.14. The zero-order valence-electron chi connectivity index (χ0n) is 10.5. The van der Waals surface area contributed by atoms with Crippen LogP contribution in [0.15, 0.2) is 24.3 Å². The molecule has 0 radical (unpaired) electrons. The molecule has 2 rings (SSSR count). The zero-order valence-corrected chi connectivity index (χ0v) is 10.5. The SMILES string of the molecule is Cc1ccc([C@@H]2CCC(C)(O)C[C@H]2C)cc1. The summed E-state index contributed by atoms with van der Waals surface area (Å²) in [7, 11) is 0. The quantitative estimate of drug-likeness (QED) is 0.763. The maximum Gasteiger partial charge on any atom is 0.0622 e. The van der Waals surface area contributed by atoms with Crippen molar-refractivity contribution < 1.29 is 5.11 Å². The lowest BCUT2D eigenvalue weighted by Crippen LogP contribution is -2.34. The van der Waals surface area contributed by atoms with Gasteiger partial charge in [-0.2, -0.15) is 0 Å². The fourth-order valence-corrected chi connectivity index (χ4v) is 3.00. The van der Waals surface area contributed by atoms with E-state index >= 15 is 0 Å². The van der Waals surface area contributed by atoms with E-state index in [0.717, 1.165) is 19.3 Å². The predicted molar refractivity (Wildman–Crippen MR) is 67.6 cm³/mol. The molecule has 1 aliphatic rings. The fourth-order valence-electron chi connectivity index (χ4n) is 3.00. The number of benzene rings is 1. The minimum atomic E-state index is -0.444. The Hall–Kier alpha value is -0.820. The molecular formula is C15H22O. The fraction of sp³-hybridized carbons (Fsp3) is 0.600. The zero-order chi connectivity index (χ0) is 11.8. The van der Waals surface area contributed by atoms with Crippen molar-refractivity contribution in [1.29, 1.82) is 0 Å². The van der Waals surface area contributed by atoms with Crippen molar-refractivity contribution in [2.24, 2.45) is 5.92 Å². The van der Waals surface area contributed by atoms with Gasteiger partial charge in [-0.15, -0.1) is 0 Å². The second kappa shape index (κ2) is 4.21. The van der Waals surface area contributed by atoms with Gasteiger partial charge in [-0.1, -0.05) is 36.8 Å². The van der Waals surface area contributed by atoms with Crippen molar-refractivity contribution in [3.8, 4) is 0 Å². The lowest BCUT2D eigenvalue weighted by molar-refractivity contribution is -0.00286. The average molecular weight is 218 g/mol. The number of aliphatic hydroxyl groups is 1. The molecule has 1 fully saturated rings. The number of rotatable bonds is 1. The molecule has 0 amide bonds. The monoisotopic (exact) mass is 218 g/mol. The van der Waals surface area contributed by atoms with Crippen LogP contribution in [0.4, 0.5) is 0 Å². The largest absolute Gasteiger partial charge is 0.390 e.